The van der Waals surface area contributed by atoms with Crippen LogP contribution in [0.5, 0.6) is 5.88 Å². The molecule has 3 nitrogen and oxygen atoms in total. The van der Waals surface area contributed by atoms with Crippen LogP contribution >= 0.6 is 0 Å². The molecular formula is C11H15N2O. The summed E-state index contributed by atoms with van der Waals surface area (Å²) in [6.45, 7) is 3.23. The maximum absolute atomic E-state index is 11.0. The number of rotatable bonds is 2. The molecule has 1 radical (unpaired) electrons. The second-order valence-electron chi connectivity index (χ2n) is 3.84. The minimum atomic E-state index is -0.125. The summed E-state index contributed by atoms with van der Waals surface area (Å²) < 4.78 is 0. The molecule has 1 fully saturated rings. The van der Waals surface area contributed by atoms with Gasteiger partial charge in [0.15, 0.2) is 0 Å². The van der Waals surface area contributed by atoms with Crippen LogP contribution in [0.3, 0.4) is 0 Å². The normalized spacial score (nSPS) is 18.3. The lowest BCUT2D eigenvalue weighted by Crippen LogP contribution is -2.29. The van der Waals surface area contributed by atoms with Gasteiger partial charge in [-0.05, 0) is 37.6 Å². The maximum Gasteiger partial charge on any atom is 0.269 e. The summed E-state index contributed by atoms with van der Waals surface area (Å²) in [5, 5.41) is 11.0. The fourth-order valence-electron chi connectivity index (χ4n) is 1.92. The van der Waals surface area contributed by atoms with E-state index in [9.17, 15) is 5.11 Å². The lowest BCUT2D eigenvalue weighted by molar-refractivity contribution is 0.220. The van der Waals surface area contributed by atoms with Crippen molar-refractivity contribution in [3.05, 3.63) is 23.9 Å². The molecule has 0 saturated carbocycles. The Kier molecular flexibility index (Phi) is 2.99. The molecule has 0 N–H and O–H groups in total. The molecule has 1 saturated heterocycles. The zero-order chi connectivity index (χ0) is 9.80. The molecule has 1 aliphatic heterocycles. The second-order valence-corrected chi connectivity index (χ2v) is 3.84. The highest BCUT2D eigenvalue weighted by atomic mass is 16.3. The average molecular weight is 191 g/mol. The molecule has 2 heterocycles. The first-order valence-electron chi connectivity index (χ1n) is 5.19. The van der Waals surface area contributed by atoms with Gasteiger partial charge < -0.3 is 0 Å². The molecule has 14 heavy (non-hydrogen) atoms. The van der Waals surface area contributed by atoms with Gasteiger partial charge in [-0.15, -0.1) is 0 Å². The molecule has 0 aliphatic carbocycles. The molecule has 1 aromatic rings. The maximum atomic E-state index is 11.0. The lowest BCUT2D eigenvalue weighted by atomic mass is 10.1. The van der Waals surface area contributed by atoms with Crippen molar-refractivity contribution in [1.82, 2.24) is 9.88 Å². The van der Waals surface area contributed by atoms with Crippen LogP contribution < -0.4 is 0 Å². The van der Waals surface area contributed by atoms with Crippen LogP contribution in [0.2, 0.25) is 0 Å². The predicted octanol–water partition coefficient (Wildman–Crippen LogP) is 2.21. The number of nitrogens with zero attached hydrogens (tertiary/aromatic N) is 2. The largest absolute Gasteiger partial charge is 0.299 e. The van der Waals surface area contributed by atoms with E-state index in [4.69, 9.17) is 0 Å². The summed E-state index contributed by atoms with van der Waals surface area (Å²) in [7, 11) is 0. The number of likely N-dealkylation sites (tertiary alicyclic amines) is 1. The summed E-state index contributed by atoms with van der Waals surface area (Å²) >= 11 is 0. The third-order valence-corrected chi connectivity index (χ3v) is 2.65. The van der Waals surface area contributed by atoms with Crippen LogP contribution in [0.4, 0.5) is 0 Å². The summed E-state index contributed by atoms with van der Waals surface area (Å²) in [6, 6.07) is 3.56. The number of hydrogen-bond donors (Lipinski definition) is 0. The molecule has 0 bridgehead atoms. The highest BCUT2D eigenvalue weighted by Gasteiger charge is 2.10. The minimum absolute atomic E-state index is 0.125. The first kappa shape index (κ1) is 9.46. The van der Waals surface area contributed by atoms with Crippen LogP contribution in [0.25, 0.3) is 0 Å². The molecule has 3 heteroatoms. The third-order valence-electron chi connectivity index (χ3n) is 2.65. The zero-order valence-electron chi connectivity index (χ0n) is 8.28. The Morgan fingerprint density at radius 3 is 2.79 bits per heavy atom. The van der Waals surface area contributed by atoms with Crippen LogP contribution in [0.15, 0.2) is 18.3 Å². The number of pyridine rings is 1. The predicted molar refractivity (Wildman–Crippen MR) is 53.5 cm³/mol. The number of aromatic nitrogens is 1. The second kappa shape index (κ2) is 4.42. The third kappa shape index (κ3) is 2.45. The van der Waals surface area contributed by atoms with Crippen molar-refractivity contribution in [2.75, 3.05) is 13.1 Å². The smallest absolute Gasteiger partial charge is 0.269 e. The summed E-state index contributed by atoms with van der Waals surface area (Å²) in [4.78, 5) is 6.06. The van der Waals surface area contributed by atoms with Crippen LogP contribution in [-0.4, -0.2) is 23.0 Å². The molecule has 1 aromatic heterocycles. The van der Waals surface area contributed by atoms with E-state index in [1.54, 1.807) is 12.3 Å². The summed E-state index contributed by atoms with van der Waals surface area (Å²) in [5.74, 6) is -0.125. The average Bonchev–Trinajstić information content (AvgIpc) is 2.19. The van der Waals surface area contributed by atoms with Gasteiger partial charge in [-0.25, -0.2) is 4.98 Å². The highest BCUT2D eigenvalue weighted by Crippen LogP contribution is 2.14. The molecule has 0 unspecified atom stereocenters. The highest BCUT2D eigenvalue weighted by molar-refractivity contribution is 5.18. The summed E-state index contributed by atoms with van der Waals surface area (Å²) in [5.41, 5.74) is 1.09. The molecular weight excluding hydrogens is 176 g/mol. The van der Waals surface area contributed by atoms with E-state index in [2.05, 4.69) is 9.88 Å². The van der Waals surface area contributed by atoms with Gasteiger partial charge in [-0.2, -0.15) is 0 Å². The van der Waals surface area contributed by atoms with E-state index in [1.165, 1.54) is 19.3 Å². The first-order valence-corrected chi connectivity index (χ1v) is 5.19. The minimum Gasteiger partial charge on any atom is -0.299 e. The molecule has 75 valence electrons. The van der Waals surface area contributed by atoms with Crippen LogP contribution in [0.1, 0.15) is 24.8 Å². The molecule has 1 aliphatic rings. The Hall–Kier alpha value is -1.09. The van der Waals surface area contributed by atoms with Crippen LogP contribution in [-0.2, 0) is 11.7 Å². The van der Waals surface area contributed by atoms with E-state index < -0.39 is 0 Å². The van der Waals surface area contributed by atoms with Crippen molar-refractivity contribution < 1.29 is 5.11 Å². The SMILES string of the molecule is [O]c1cc(CN2CCCCC2)ccn1. The van der Waals surface area contributed by atoms with Gasteiger partial charge >= 0.3 is 0 Å². The Morgan fingerprint density at radius 2 is 2.07 bits per heavy atom. The van der Waals surface area contributed by atoms with Crippen LogP contribution in [0, 0.1) is 0 Å². The van der Waals surface area contributed by atoms with Gasteiger partial charge in [-0.3, -0.25) is 10.0 Å². The van der Waals surface area contributed by atoms with E-state index in [0.717, 1.165) is 25.2 Å². The Bertz CT molecular complexity index is 295. The van der Waals surface area contributed by atoms with Crippen molar-refractivity contribution in [3.8, 4) is 5.88 Å². The Morgan fingerprint density at radius 1 is 1.29 bits per heavy atom. The van der Waals surface area contributed by atoms with Gasteiger partial charge in [0, 0.05) is 18.8 Å². The van der Waals surface area contributed by atoms with Crippen molar-refractivity contribution in [1.29, 1.82) is 0 Å². The van der Waals surface area contributed by atoms with Crippen molar-refractivity contribution in [3.63, 3.8) is 0 Å². The van der Waals surface area contributed by atoms with Gasteiger partial charge in [0.25, 0.3) is 5.88 Å². The van der Waals surface area contributed by atoms with E-state index >= 15 is 0 Å². The number of hydrogen-bond acceptors (Lipinski definition) is 2. The van der Waals surface area contributed by atoms with Gasteiger partial charge in [-0.1, -0.05) is 6.42 Å². The zero-order valence-corrected chi connectivity index (χ0v) is 8.28. The van der Waals surface area contributed by atoms with E-state index in [1.807, 2.05) is 6.07 Å². The first-order chi connectivity index (χ1) is 6.84. The lowest BCUT2D eigenvalue weighted by Gasteiger charge is -2.26. The van der Waals surface area contributed by atoms with Gasteiger partial charge in [0.1, 0.15) is 0 Å². The number of piperidine rings is 1. The molecule has 0 aromatic carbocycles. The fraction of sp³-hybridized carbons (Fsp3) is 0.545. The van der Waals surface area contributed by atoms with E-state index in [-0.39, 0.29) is 5.88 Å². The molecule has 0 atom stereocenters. The van der Waals surface area contributed by atoms with E-state index in [0.29, 0.717) is 0 Å². The fourth-order valence-corrected chi connectivity index (χ4v) is 1.92. The Labute approximate surface area is 84.4 Å². The monoisotopic (exact) mass is 191 g/mol. The quantitative estimate of drug-likeness (QED) is 0.718. The van der Waals surface area contributed by atoms with Crippen molar-refractivity contribution in [2.45, 2.75) is 25.8 Å². The Balaban J connectivity index is 1.95. The molecule has 0 amide bonds. The van der Waals surface area contributed by atoms with Crippen molar-refractivity contribution in [2.24, 2.45) is 0 Å². The van der Waals surface area contributed by atoms with Gasteiger partial charge in [0.05, 0.1) is 0 Å². The van der Waals surface area contributed by atoms with Gasteiger partial charge in [0.2, 0.25) is 0 Å². The summed E-state index contributed by atoms with van der Waals surface area (Å²) in [6.07, 6.45) is 5.52. The standard InChI is InChI=1S/C11H15N2O/c14-11-8-10(4-5-12-11)9-13-6-2-1-3-7-13/h4-5,8H,1-3,6-7,9H2. The van der Waals surface area contributed by atoms with Crippen molar-refractivity contribution >= 4 is 0 Å². The molecule has 0 spiro atoms. The topological polar surface area (TPSA) is 36.0 Å². The molecule has 2 rings (SSSR count).